The quantitative estimate of drug-likeness (QED) is 0.812. The summed E-state index contributed by atoms with van der Waals surface area (Å²) in [5, 5.41) is 15.2. The van der Waals surface area contributed by atoms with Crippen molar-refractivity contribution < 1.29 is 19.4 Å². The van der Waals surface area contributed by atoms with Gasteiger partial charge in [0, 0.05) is 18.3 Å². The Hall–Kier alpha value is -2.19. The Balaban J connectivity index is 2.06. The number of anilines is 1. The number of rotatable bonds is 6. The molecule has 8 heteroatoms. The van der Waals surface area contributed by atoms with Crippen LogP contribution in [-0.2, 0) is 21.4 Å². The Kier molecular flexibility index (Phi) is 5.29. The van der Waals surface area contributed by atoms with E-state index in [2.05, 4.69) is 26.3 Å². The lowest BCUT2D eigenvalue weighted by molar-refractivity contribution is -0.143. The zero-order valence-corrected chi connectivity index (χ0v) is 13.3. The molecule has 0 saturated heterocycles. The fourth-order valence-corrected chi connectivity index (χ4v) is 2.48. The molecule has 2 rings (SSSR count). The number of carbonyl (C=O) groups excluding carboxylic acids is 1. The number of halogens is 1. The van der Waals surface area contributed by atoms with E-state index in [0.29, 0.717) is 5.69 Å². The maximum atomic E-state index is 11.7. The third-order valence-corrected chi connectivity index (χ3v) is 3.35. The number of nitrogens with one attached hydrogen (secondary N) is 1. The summed E-state index contributed by atoms with van der Waals surface area (Å²) in [7, 11) is 1.82. The maximum Gasteiger partial charge on any atom is 0.329 e. The molecule has 0 fully saturated rings. The smallest absolute Gasteiger partial charge is 0.329 e. The monoisotopic (exact) mass is 367 g/mol. The molecule has 22 heavy (non-hydrogen) atoms. The van der Waals surface area contributed by atoms with Gasteiger partial charge in [0.05, 0.1) is 16.4 Å². The molecule has 116 valence electrons. The molecule has 0 aliphatic carbocycles. The zero-order valence-electron chi connectivity index (χ0n) is 11.7. The van der Waals surface area contributed by atoms with Gasteiger partial charge in [-0.2, -0.15) is 5.10 Å². The molecular formula is C14H14BrN3O4. The highest BCUT2D eigenvalue weighted by molar-refractivity contribution is 9.10. The first-order valence-corrected chi connectivity index (χ1v) is 7.14. The van der Waals surface area contributed by atoms with Gasteiger partial charge in [-0.3, -0.25) is 9.48 Å². The number of aryl methyl sites for hydroxylation is 1. The maximum absolute atomic E-state index is 11.7. The van der Waals surface area contributed by atoms with Crippen molar-refractivity contribution in [2.24, 2.45) is 7.05 Å². The van der Waals surface area contributed by atoms with Crippen LogP contribution in [0, 0.1) is 0 Å². The highest BCUT2D eigenvalue weighted by Crippen LogP contribution is 2.29. The van der Waals surface area contributed by atoms with E-state index in [1.54, 1.807) is 23.0 Å². The van der Waals surface area contributed by atoms with E-state index in [1.807, 2.05) is 19.2 Å². The van der Waals surface area contributed by atoms with Crippen LogP contribution in [0.4, 0.5) is 5.69 Å². The Morgan fingerprint density at radius 2 is 2.18 bits per heavy atom. The first kappa shape index (κ1) is 16.2. The Labute approximate surface area is 135 Å². The summed E-state index contributed by atoms with van der Waals surface area (Å²) in [6.07, 6.45) is 1.69. The fraction of sp³-hybridized carbons (Fsp3) is 0.214. The van der Waals surface area contributed by atoms with Gasteiger partial charge >= 0.3 is 5.97 Å². The summed E-state index contributed by atoms with van der Waals surface area (Å²) >= 11 is 3.43. The molecule has 1 aromatic carbocycles. The van der Waals surface area contributed by atoms with E-state index in [4.69, 9.17) is 9.84 Å². The number of carboxylic acids is 1. The number of benzene rings is 1. The average Bonchev–Trinajstić information content (AvgIpc) is 2.78. The molecule has 0 atom stereocenters. The predicted molar refractivity (Wildman–Crippen MR) is 83.4 cm³/mol. The lowest BCUT2D eigenvalue weighted by atomic mass is 10.1. The summed E-state index contributed by atoms with van der Waals surface area (Å²) in [5.41, 5.74) is 2.36. The van der Waals surface area contributed by atoms with Gasteiger partial charge in [-0.05, 0) is 28.1 Å². The fourth-order valence-electron chi connectivity index (χ4n) is 1.91. The standard InChI is InChI=1S/C14H14BrN3O4/c1-18-14(11(15)6-16-18)9-3-2-4-10(5-9)17-12(19)7-22-8-13(20)21/h2-6H,7-8H2,1H3,(H,17,19)(H,20,21). The van der Waals surface area contributed by atoms with E-state index in [9.17, 15) is 9.59 Å². The van der Waals surface area contributed by atoms with Gasteiger partial charge in [0.2, 0.25) is 5.91 Å². The van der Waals surface area contributed by atoms with Gasteiger partial charge in [-0.15, -0.1) is 0 Å². The van der Waals surface area contributed by atoms with Gasteiger partial charge in [0.15, 0.2) is 0 Å². The number of aromatic nitrogens is 2. The first-order valence-electron chi connectivity index (χ1n) is 6.34. The molecule has 0 saturated carbocycles. The van der Waals surface area contributed by atoms with Crippen molar-refractivity contribution in [2.45, 2.75) is 0 Å². The van der Waals surface area contributed by atoms with Crippen LogP contribution in [0.2, 0.25) is 0 Å². The second-order valence-corrected chi connectivity index (χ2v) is 5.33. The van der Waals surface area contributed by atoms with Crippen molar-refractivity contribution in [3.05, 3.63) is 34.9 Å². The van der Waals surface area contributed by atoms with Crippen LogP contribution >= 0.6 is 15.9 Å². The van der Waals surface area contributed by atoms with Gasteiger partial charge in [0.25, 0.3) is 0 Å². The number of hydrogen-bond acceptors (Lipinski definition) is 4. The Morgan fingerprint density at radius 1 is 1.41 bits per heavy atom. The molecule has 7 nitrogen and oxygen atoms in total. The summed E-state index contributed by atoms with van der Waals surface area (Å²) < 4.78 is 7.31. The minimum absolute atomic E-state index is 0.314. The van der Waals surface area contributed by atoms with Crippen LogP contribution < -0.4 is 5.32 Å². The minimum Gasteiger partial charge on any atom is -0.480 e. The molecule has 0 aliphatic rings. The van der Waals surface area contributed by atoms with Crippen LogP contribution in [0.3, 0.4) is 0 Å². The van der Waals surface area contributed by atoms with Crippen molar-refractivity contribution >= 4 is 33.5 Å². The van der Waals surface area contributed by atoms with Gasteiger partial charge < -0.3 is 15.2 Å². The van der Waals surface area contributed by atoms with E-state index < -0.39 is 18.5 Å². The number of hydrogen-bond donors (Lipinski definition) is 2. The molecule has 0 spiro atoms. The lowest BCUT2D eigenvalue weighted by Crippen LogP contribution is -2.20. The molecule has 0 bridgehead atoms. The van der Waals surface area contributed by atoms with Gasteiger partial charge in [-0.25, -0.2) is 4.79 Å². The molecule has 0 unspecified atom stereocenters. The van der Waals surface area contributed by atoms with Gasteiger partial charge in [-0.1, -0.05) is 12.1 Å². The predicted octanol–water partition coefficient (Wildman–Crippen LogP) is 1.89. The van der Waals surface area contributed by atoms with Gasteiger partial charge in [0.1, 0.15) is 13.2 Å². The van der Waals surface area contributed by atoms with E-state index in [-0.39, 0.29) is 6.61 Å². The number of carboxylic acid groups (broad SMARTS) is 1. The molecule has 0 radical (unpaired) electrons. The molecule has 2 N–H and O–H groups in total. The third-order valence-electron chi connectivity index (χ3n) is 2.77. The molecular weight excluding hydrogens is 354 g/mol. The largest absolute Gasteiger partial charge is 0.480 e. The number of aliphatic carboxylic acids is 1. The van der Waals surface area contributed by atoms with E-state index >= 15 is 0 Å². The summed E-state index contributed by atoms with van der Waals surface area (Å²) in [4.78, 5) is 22.0. The SMILES string of the molecule is Cn1ncc(Br)c1-c1cccc(NC(=O)COCC(=O)O)c1. The van der Waals surface area contributed by atoms with Crippen molar-refractivity contribution in [3.8, 4) is 11.3 Å². The summed E-state index contributed by atoms with van der Waals surface area (Å²) in [6, 6.07) is 7.25. The second kappa shape index (κ2) is 7.19. The number of carbonyl (C=O) groups is 2. The highest BCUT2D eigenvalue weighted by Gasteiger charge is 2.10. The molecule has 1 amide bonds. The van der Waals surface area contributed by atoms with Crippen molar-refractivity contribution in [2.75, 3.05) is 18.5 Å². The lowest BCUT2D eigenvalue weighted by Gasteiger charge is -2.08. The highest BCUT2D eigenvalue weighted by atomic mass is 79.9. The molecule has 0 aliphatic heterocycles. The summed E-state index contributed by atoms with van der Waals surface area (Å²) in [5.74, 6) is -1.53. The van der Waals surface area contributed by atoms with E-state index in [0.717, 1.165) is 15.7 Å². The first-order chi connectivity index (χ1) is 10.5. The van der Waals surface area contributed by atoms with Crippen LogP contribution in [0.5, 0.6) is 0 Å². The van der Waals surface area contributed by atoms with E-state index in [1.165, 1.54) is 0 Å². The number of nitrogens with zero attached hydrogens (tertiary/aromatic N) is 2. The van der Waals surface area contributed by atoms with Crippen LogP contribution in [0.25, 0.3) is 11.3 Å². The van der Waals surface area contributed by atoms with Crippen molar-refractivity contribution in [3.63, 3.8) is 0 Å². The second-order valence-electron chi connectivity index (χ2n) is 4.48. The Bertz CT molecular complexity index is 680. The zero-order chi connectivity index (χ0) is 16.1. The third kappa shape index (κ3) is 4.15. The average molecular weight is 368 g/mol. The summed E-state index contributed by atoms with van der Waals surface area (Å²) in [6.45, 7) is -0.818. The molecule has 1 heterocycles. The molecule has 2 aromatic rings. The minimum atomic E-state index is -1.11. The normalized spacial score (nSPS) is 10.5. The number of amides is 1. The Morgan fingerprint density at radius 3 is 2.82 bits per heavy atom. The number of ether oxygens (including phenoxy) is 1. The van der Waals surface area contributed by atoms with Crippen molar-refractivity contribution in [1.82, 2.24) is 9.78 Å². The van der Waals surface area contributed by atoms with Crippen LogP contribution in [0.1, 0.15) is 0 Å². The van der Waals surface area contributed by atoms with Crippen molar-refractivity contribution in [1.29, 1.82) is 0 Å². The topological polar surface area (TPSA) is 93.5 Å². The van der Waals surface area contributed by atoms with Crippen LogP contribution in [0.15, 0.2) is 34.9 Å². The molecule has 1 aromatic heterocycles. The van der Waals surface area contributed by atoms with Crippen LogP contribution in [-0.4, -0.2) is 40.0 Å².